The lowest BCUT2D eigenvalue weighted by atomic mass is 9.91. The van der Waals surface area contributed by atoms with E-state index in [2.05, 4.69) is 24.1 Å². The molecule has 0 aliphatic carbocycles. The highest BCUT2D eigenvalue weighted by Gasteiger charge is 2.29. The highest BCUT2D eigenvalue weighted by atomic mass is 19.1. The SMILES string of the molecule is CN(Cc1ccccc1)CC1COc2ccc(F)cc2C1N. The van der Waals surface area contributed by atoms with Gasteiger partial charge in [-0.15, -0.1) is 0 Å². The van der Waals surface area contributed by atoms with E-state index in [1.807, 2.05) is 18.2 Å². The molecule has 0 radical (unpaired) electrons. The van der Waals surface area contributed by atoms with Gasteiger partial charge in [0.15, 0.2) is 0 Å². The molecule has 2 atom stereocenters. The quantitative estimate of drug-likeness (QED) is 0.943. The molecule has 3 nitrogen and oxygen atoms in total. The maximum absolute atomic E-state index is 13.4. The van der Waals surface area contributed by atoms with Gasteiger partial charge in [0.2, 0.25) is 0 Å². The van der Waals surface area contributed by atoms with Crippen molar-refractivity contribution in [3.05, 3.63) is 65.5 Å². The number of halogens is 1. The number of hydrogen-bond donors (Lipinski definition) is 1. The van der Waals surface area contributed by atoms with Crippen LogP contribution in [0.15, 0.2) is 48.5 Å². The van der Waals surface area contributed by atoms with Gasteiger partial charge in [-0.05, 0) is 30.8 Å². The van der Waals surface area contributed by atoms with E-state index in [4.69, 9.17) is 10.5 Å². The maximum atomic E-state index is 13.4. The fourth-order valence-corrected chi connectivity index (χ4v) is 2.99. The van der Waals surface area contributed by atoms with Gasteiger partial charge in [0, 0.05) is 30.6 Å². The number of nitrogens with zero attached hydrogens (tertiary/aromatic N) is 1. The standard InChI is InChI=1S/C18H21FN2O/c1-21(10-13-5-3-2-4-6-13)11-14-12-22-17-8-7-15(19)9-16(17)18(14)20/h2-9,14,18H,10-12,20H2,1H3. The van der Waals surface area contributed by atoms with Gasteiger partial charge in [-0.1, -0.05) is 30.3 Å². The third kappa shape index (κ3) is 3.29. The lowest BCUT2D eigenvalue weighted by Crippen LogP contribution is -2.38. The van der Waals surface area contributed by atoms with Crippen molar-refractivity contribution in [2.45, 2.75) is 12.6 Å². The van der Waals surface area contributed by atoms with Crippen molar-refractivity contribution in [2.75, 3.05) is 20.2 Å². The van der Waals surface area contributed by atoms with Crippen molar-refractivity contribution in [3.63, 3.8) is 0 Å². The molecule has 0 bridgehead atoms. The summed E-state index contributed by atoms with van der Waals surface area (Å²) >= 11 is 0. The molecule has 2 N–H and O–H groups in total. The molecule has 1 aliphatic rings. The van der Waals surface area contributed by atoms with E-state index >= 15 is 0 Å². The first-order valence-electron chi connectivity index (χ1n) is 7.54. The minimum absolute atomic E-state index is 0.156. The number of rotatable bonds is 4. The lowest BCUT2D eigenvalue weighted by molar-refractivity contribution is 0.149. The highest BCUT2D eigenvalue weighted by Crippen LogP contribution is 2.34. The van der Waals surface area contributed by atoms with Crippen LogP contribution in [0.2, 0.25) is 0 Å². The molecule has 4 heteroatoms. The fraction of sp³-hybridized carbons (Fsp3) is 0.333. The van der Waals surface area contributed by atoms with Gasteiger partial charge in [0.05, 0.1) is 6.61 Å². The van der Waals surface area contributed by atoms with Crippen LogP contribution in [0.5, 0.6) is 5.75 Å². The number of nitrogens with two attached hydrogens (primary N) is 1. The van der Waals surface area contributed by atoms with Crippen LogP contribution >= 0.6 is 0 Å². The summed E-state index contributed by atoms with van der Waals surface area (Å²) in [6.07, 6.45) is 0. The minimum Gasteiger partial charge on any atom is -0.493 e. The van der Waals surface area contributed by atoms with Crippen LogP contribution in [-0.4, -0.2) is 25.1 Å². The van der Waals surface area contributed by atoms with Crippen LogP contribution in [0.25, 0.3) is 0 Å². The van der Waals surface area contributed by atoms with Crippen LogP contribution in [0, 0.1) is 11.7 Å². The van der Waals surface area contributed by atoms with Gasteiger partial charge in [-0.3, -0.25) is 0 Å². The first kappa shape index (κ1) is 15.0. The zero-order valence-corrected chi connectivity index (χ0v) is 12.7. The lowest BCUT2D eigenvalue weighted by Gasteiger charge is -2.33. The molecule has 0 saturated carbocycles. The Hall–Kier alpha value is -1.91. The van der Waals surface area contributed by atoms with E-state index in [1.54, 1.807) is 6.07 Å². The third-order valence-corrected chi connectivity index (χ3v) is 4.13. The summed E-state index contributed by atoms with van der Waals surface area (Å²) in [4.78, 5) is 2.23. The minimum atomic E-state index is -0.268. The van der Waals surface area contributed by atoms with Crippen LogP contribution in [-0.2, 0) is 6.54 Å². The van der Waals surface area contributed by atoms with Gasteiger partial charge in [-0.2, -0.15) is 0 Å². The molecule has 2 aromatic carbocycles. The summed E-state index contributed by atoms with van der Waals surface area (Å²) in [6.45, 7) is 2.24. The summed E-state index contributed by atoms with van der Waals surface area (Å²) in [5.74, 6) is 0.593. The first-order chi connectivity index (χ1) is 10.6. The van der Waals surface area contributed by atoms with Crippen molar-refractivity contribution in [1.82, 2.24) is 4.90 Å². The van der Waals surface area contributed by atoms with E-state index in [9.17, 15) is 4.39 Å². The van der Waals surface area contributed by atoms with Crippen molar-refractivity contribution < 1.29 is 9.13 Å². The summed E-state index contributed by atoms with van der Waals surface area (Å²) < 4.78 is 19.2. The van der Waals surface area contributed by atoms with Gasteiger partial charge >= 0.3 is 0 Å². The molecular formula is C18H21FN2O. The van der Waals surface area contributed by atoms with Crippen LogP contribution in [0.4, 0.5) is 4.39 Å². The van der Waals surface area contributed by atoms with Crippen LogP contribution < -0.4 is 10.5 Å². The van der Waals surface area contributed by atoms with Crippen LogP contribution in [0.3, 0.4) is 0 Å². The molecule has 116 valence electrons. The largest absolute Gasteiger partial charge is 0.493 e. The van der Waals surface area contributed by atoms with Crippen molar-refractivity contribution in [2.24, 2.45) is 11.7 Å². The molecule has 2 unspecified atom stereocenters. The Kier molecular flexibility index (Phi) is 4.41. The predicted molar refractivity (Wildman–Crippen MR) is 85.1 cm³/mol. The molecule has 0 fully saturated rings. The smallest absolute Gasteiger partial charge is 0.124 e. The molecule has 3 rings (SSSR count). The van der Waals surface area contributed by atoms with E-state index < -0.39 is 0 Å². The Labute approximate surface area is 130 Å². The number of hydrogen-bond acceptors (Lipinski definition) is 3. The van der Waals surface area contributed by atoms with E-state index in [0.717, 1.165) is 18.7 Å². The van der Waals surface area contributed by atoms with Gasteiger partial charge in [0.1, 0.15) is 11.6 Å². The molecule has 1 aliphatic heterocycles. The molecule has 0 spiro atoms. The van der Waals surface area contributed by atoms with E-state index in [1.165, 1.54) is 17.7 Å². The molecule has 2 aromatic rings. The summed E-state index contributed by atoms with van der Waals surface area (Å²) in [5, 5.41) is 0. The van der Waals surface area contributed by atoms with E-state index in [0.29, 0.717) is 12.4 Å². The highest BCUT2D eigenvalue weighted by molar-refractivity contribution is 5.38. The summed E-state index contributed by atoms with van der Waals surface area (Å²) in [7, 11) is 2.07. The topological polar surface area (TPSA) is 38.5 Å². The Morgan fingerprint density at radius 3 is 2.77 bits per heavy atom. The predicted octanol–water partition coefficient (Wildman–Crippen LogP) is 2.97. The zero-order valence-electron chi connectivity index (χ0n) is 12.7. The monoisotopic (exact) mass is 300 g/mol. The van der Waals surface area contributed by atoms with E-state index in [-0.39, 0.29) is 17.8 Å². The van der Waals surface area contributed by atoms with Gasteiger partial charge < -0.3 is 15.4 Å². The maximum Gasteiger partial charge on any atom is 0.124 e. The Morgan fingerprint density at radius 2 is 2.00 bits per heavy atom. The normalized spacial score (nSPS) is 20.5. The number of ether oxygens (including phenoxy) is 1. The second-order valence-corrected chi connectivity index (χ2v) is 5.96. The average Bonchev–Trinajstić information content (AvgIpc) is 2.51. The van der Waals surface area contributed by atoms with Gasteiger partial charge in [-0.25, -0.2) is 4.39 Å². The number of fused-ring (bicyclic) bond motifs is 1. The molecule has 1 heterocycles. The molecule has 0 aromatic heterocycles. The van der Waals surface area contributed by atoms with Crippen molar-refractivity contribution in [3.8, 4) is 5.75 Å². The molecule has 0 saturated heterocycles. The van der Waals surface area contributed by atoms with Crippen molar-refractivity contribution >= 4 is 0 Å². The molecule has 0 amide bonds. The summed E-state index contributed by atoms with van der Waals surface area (Å²) in [5.41, 5.74) is 8.36. The Morgan fingerprint density at radius 1 is 1.23 bits per heavy atom. The number of benzene rings is 2. The zero-order chi connectivity index (χ0) is 15.5. The third-order valence-electron chi connectivity index (χ3n) is 4.13. The molecule has 22 heavy (non-hydrogen) atoms. The van der Waals surface area contributed by atoms with Crippen LogP contribution in [0.1, 0.15) is 17.2 Å². The van der Waals surface area contributed by atoms with Gasteiger partial charge in [0.25, 0.3) is 0 Å². The first-order valence-corrected chi connectivity index (χ1v) is 7.54. The second kappa shape index (κ2) is 6.46. The molecular weight excluding hydrogens is 279 g/mol. The van der Waals surface area contributed by atoms with Crippen molar-refractivity contribution in [1.29, 1.82) is 0 Å². The Balaban J connectivity index is 1.66. The Bertz CT molecular complexity index is 632. The fourth-order valence-electron chi connectivity index (χ4n) is 2.99. The average molecular weight is 300 g/mol. The summed E-state index contributed by atoms with van der Waals surface area (Å²) in [6, 6.07) is 14.7. The second-order valence-electron chi connectivity index (χ2n) is 5.96.